The van der Waals surface area contributed by atoms with Crippen molar-refractivity contribution in [2.45, 2.75) is 25.0 Å². The Morgan fingerprint density at radius 2 is 2.32 bits per heavy atom. The van der Waals surface area contributed by atoms with Crippen LogP contribution in [-0.4, -0.2) is 29.4 Å². The fourth-order valence-corrected chi connectivity index (χ4v) is 3.87. The third-order valence-corrected chi connectivity index (χ3v) is 5.27. The van der Waals surface area contributed by atoms with E-state index in [0.29, 0.717) is 22.4 Å². The molecule has 2 aliphatic heterocycles. The van der Waals surface area contributed by atoms with Gasteiger partial charge in [-0.05, 0) is 36.3 Å². The first-order valence-electron chi connectivity index (χ1n) is 7.23. The molecule has 3 rings (SSSR count). The molecular formula is C16H16ClNO3S. The van der Waals surface area contributed by atoms with E-state index in [2.05, 4.69) is 4.90 Å². The number of anilines is 1. The van der Waals surface area contributed by atoms with Gasteiger partial charge < -0.3 is 9.64 Å². The van der Waals surface area contributed by atoms with Crippen molar-refractivity contribution >= 4 is 40.1 Å². The summed E-state index contributed by atoms with van der Waals surface area (Å²) >= 11 is 7.63. The van der Waals surface area contributed by atoms with Gasteiger partial charge in [0.25, 0.3) is 0 Å². The van der Waals surface area contributed by atoms with Gasteiger partial charge in [-0.2, -0.15) is 0 Å². The summed E-state index contributed by atoms with van der Waals surface area (Å²) in [6, 6.07) is 5.43. The predicted octanol–water partition coefficient (Wildman–Crippen LogP) is 3.43. The second kappa shape index (κ2) is 6.34. The van der Waals surface area contributed by atoms with E-state index in [4.69, 9.17) is 16.3 Å². The molecule has 1 aromatic carbocycles. The molecule has 1 aromatic rings. The Hall–Kier alpha value is -1.46. The van der Waals surface area contributed by atoms with Gasteiger partial charge >= 0.3 is 5.97 Å². The Morgan fingerprint density at radius 1 is 1.50 bits per heavy atom. The summed E-state index contributed by atoms with van der Waals surface area (Å²) in [4.78, 5) is 25.0. The largest absolute Gasteiger partial charge is 0.425 e. The van der Waals surface area contributed by atoms with Gasteiger partial charge in [0, 0.05) is 30.4 Å². The van der Waals surface area contributed by atoms with Crippen LogP contribution in [0.2, 0.25) is 5.02 Å². The number of ether oxygens (including phenoxy) is 1. The van der Waals surface area contributed by atoms with Crippen LogP contribution in [0.4, 0.5) is 5.69 Å². The van der Waals surface area contributed by atoms with Gasteiger partial charge in [-0.15, -0.1) is 0 Å². The summed E-state index contributed by atoms with van der Waals surface area (Å²) in [5.74, 6) is 0.0834. The van der Waals surface area contributed by atoms with Gasteiger partial charge in [0.2, 0.25) is 5.12 Å². The number of rotatable bonds is 3. The van der Waals surface area contributed by atoms with E-state index in [-0.39, 0.29) is 11.1 Å². The molecule has 116 valence electrons. The zero-order valence-corrected chi connectivity index (χ0v) is 13.7. The first kappa shape index (κ1) is 15.4. The number of halogens is 1. The molecule has 2 aliphatic rings. The lowest BCUT2D eigenvalue weighted by Gasteiger charge is -2.33. The first-order chi connectivity index (χ1) is 10.6. The molecule has 0 saturated carbocycles. The van der Waals surface area contributed by atoms with Crippen LogP contribution < -0.4 is 9.64 Å². The van der Waals surface area contributed by atoms with Gasteiger partial charge in [-0.1, -0.05) is 30.3 Å². The van der Waals surface area contributed by atoms with Crippen LogP contribution in [0.5, 0.6) is 5.75 Å². The molecule has 0 spiro atoms. The van der Waals surface area contributed by atoms with Crippen LogP contribution >= 0.6 is 23.4 Å². The van der Waals surface area contributed by atoms with Crippen molar-refractivity contribution in [1.29, 1.82) is 0 Å². The zero-order chi connectivity index (χ0) is 15.7. The number of carbonyl (C=O) groups excluding carboxylic acids is 2. The summed E-state index contributed by atoms with van der Waals surface area (Å²) < 4.78 is 5.17. The number of piperidine rings is 1. The minimum atomic E-state index is -0.304. The Balaban J connectivity index is 1.75. The standard InChI is InChI=1S/C16H16ClNO3S/c1-2-15(19)21-13-4-3-11(8-12(13)17)18-6-5-14-10(9-18)7-16(20)22-14/h3-4,7-8,14H,2,5-6,9H2,1H3. The van der Waals surface area contributed by atoms with Crippen LogP contribution in [0.15, 0.2) is 29.8 Å². The summed E-state index contributed by atoms with van der Waals surface area (Å²) in [5.41, 5.74) is 2.16. The van der Waals surface area contributed by atoms with Crippen LogP contribution in [0, 0.1) is 0 Å². The summed E-state index contributed by atoms with van der Waals surface area (Å²) in [6.07, 6.45) is 3.01. The van der Waals surface area contributed by atoms with E-state index in [1.807, 2.05) is 12.1 Å². The lowest BCUT2D eigenvalue weighted by molar-refractivity contribution is -0.134. The molecule has 0 radical (unpaired) electrons. The van der Waals surface area contributed by atoms with E-state index in [1.165, 1.54) is 17.3 Å². The zero-order valence-electron chi connectivity index (χ0n) is 12.2. The highest BCUT2D eigenvalue weighted by Gasteiger charge is 2.31. The average Bonchev–Trinajstić information content (AvgIpc) is 2.88. The highest BCUT2D eigenvalue weighted by atomic mass is 35.5. The lowest BCUT2D eigenvalue weighted by Crippen LogP contribution is -2.35. The molecule has 0 aliphatic carbocycles. The van der Waals surface area contributed by atoms with Crippen molar-refractivity contribution in [3.8, 4) is 5.75 Å². The molecule has 1 atom stereocenters. The molecule has 0 amide bonds. The third-order valence-electron chi connectivity index (χ3n) is 3.80. The summed E-state index contributed by atoms with van der Waals surface area (Å²) in [6.45, 7) is 3.37. The summed E-state index contributed by atoms with van der Waals surface area (Å²) in [5, 5.41) is 0.915. The number of hydrogen-bond donors (Lipinski definition) is 0. The molecule has 1 unspecified atom stereocenters. The van der Waals surface area contributed by atoms with Crippen molar-refractivity contribution in [2.24, 2.45) is 0 Å². The molecule has 4 nitrogen and oxygen atoms in total. The second-order valence-corrected chi connectivity index (χ2v) is 6.91. The molecule has 22 heavy (non-hydrogen) atoms. The normalized spacial score (nSPS) is 20.6. The first-order valence-corrected chi connectivity index (χ1v) is 8.49. The SMILES string of the molecule is CCC(=O)Oc1ccc(N2CCC3SC(=O)C=C3C2)cc1Cl. The van der Waals surface area contributed by atoms with Crippen LogP contribution in [0.1, 0.15) is 19.8 Å². The molecule has 0 aromatic heterocycles. The Kier molecular flexibility index (Phi) is 4.45. The molecular weight excluding hydrogens is 322 g/mol. The fourth-order valence-electron chi connectivity index (χ4n) is 2.64. The average molecular weight is 338 g/mol. The van der Waals surface area contributed by atoms with Crippen molar-refractivity contribution < 1.29 is 14.3 Å². The smallest absolute Gasteiger partial charge is 0.310 e. The van der Waals surface area contributed by atoms with Crippen LogP contribution in [0.25, 0.3) is 0 Å². The number of esters is 1. The van der Waals surface area contributed by atoms with Gasteiger partial charge in [-0.3, -0.25) is 9.59 Å². The minimum absolute atomic E-state index is 0.154. The maximum Gasteiger partial charge on any atom is 0.310 e. The third kappa shape index (κ3) is 3.15. The van der Waals surface area contributed by atoms with Gasteiger partial charge in [-0.25, -0.2) is 0 Å². The van der Waals surface area contributed by atoms with Crippen molar-refractivity contribution in [1.82, 2.24) is 0 Å². The summed E-state index contributed by atoms with van der Waals surface area (Å²) in [7, 11) is 0. The van der Waals surface area contributed by atoms with Crippen LogP contribution in [0.3, 0.4) is 0 Å². The van der Waals surface area contributed by atoms with E-state index < -0.39 is 0 Å². The van der Waals surface area contributed by atoms with Gasteiger partial charge in [0.15, 0.2) is 0 Å². The lowest BCUT2D eigenvalue weighted by atomic mass is 10.0. The number of carbonyl (C=O) groups is 2. The number of fused-ring (bicyclic) bond motifs is 1. The van der Waals surface area contributed by atoms with Crippen molar-refractivity contribution in [3.05, 3.63) is 34.9 Å². The number of thioether (sulfide) groups is 1. The van der Waals surface area contributed by atoms with E-state index in [0.717, 1.165) is 25.2 Å². The maximum atomic E-state index is 11.5. The Morgan fingerprint density at radius 3 is 3.05 bits per heavy atom. The van der Waals surface area contributed by atoms with Crippen molar-refractivity contribution in [2.75, 3.05) is 18.0 Å². The quantitative estimate of drug-likeness (QED) is 0.624. The molecule has 6 heteroatoms. The highest BCUT2D eigenvalue weighted by Crippen LogP contribution is 2.37. The monoisotopic (exact) mass is 337 g/mol. The highest BCUT2D eigenvalue weighted by molar-refractivity contribution is 8.15. The van der Waals surface area contributed by atoms with Gasteiger partial charge in [0.1, 0.15) is 5.75 Å². The second-order valence-electron chi connectivity index (χ2n) is 5.30. The topological polar surface area (TPSA) is 46.6 Å². The maximum absolute atomic E-state index is 11.5. The van der Waals surface area contributed by atoms with Gasteiger partial charge in [0.05, 0.1) is 5.02 Å². The Bertz CT molecular complexity index is 659. The fraction of sp³-hybridized carbons (Fsp3) is 0.375. The molecule has 1 fully saturated rings. The molecule has 0 N–H and O–H groups in total. The number of nitrogens with zero attached hydrogens (tertiary/aromatic N) is 1. The van der Waals surface area contributed by atoms with Crippen molar-refractivity contribution in [3.63, 3.8) is 0 Å². The van der Waals surface area contributed by atoms with E-state index in [9.17, 15) is 9.59 Å². The predicted molar refractivity (Wildman–Crippen MR) is 88.7 cm³/mol. The number of benzene rings is 1. The van der Waals surface area contributed by atoms with Crippen LogP contribution in [-0.2, 0) is 9.59 Å². The molecule has 2 heterocycles. The molecule has 1 saturated heterocycles. The van der Waals surface area contributed by atoms with E-state index in [1.54, 1.807) is 19.1 Å². The molecule has 0 bridgehead atoms. The van der Waals surface area contributed by atoms with E-state index >= 15 is 0 Å². The minimum Gasteiger partial charge on any atom is -0.425 e. The number of hydrogen-bond acceptors (Lipinski definition) is 5. The Labute approximate surface area is 138 Å².